The van der Waals surface area contributed by atoms with E-state index in [-0.39, 0.29) is 18.0 Å². The van der Waals surface area contributed by atoms with E-state index in [0.717, 1.165) is 51.5 Å². The van der Waals surface area contributed by atoms with Crippen LogP contribution in [0.1, 0.15) is 58.3 Å². The normalized spacial score (nSPS) is 34.7. The van der Waals surface area contributed by atoms with Crippen LogP contribution < -0.4 is 5.32 Å². The highest BCUT2D eigenvalue weighted by Gasteiger charge is 2.28. The molecule has 4 nitrogen and oxygen atoms in total. The molecule has 0 aliphatic heterocycles. The van der Waals surface area contributed by atoms with Crippen LogP contribution in [0.2, 0.25) is 0 Å². The summed E-state index contributed by atoms with van der Waals surface area (Å²) in [4.78, 5) is 11.8. The molecule has 0 amide bonds. The number of ether oxygens (including phenoxy) is 1. The summed E-state index contributed by atoms with van der Waals surface area (Å²) < 4.78 is 5.14. The van der Waals surface area contributed by atoms with E-state index in [9.17, 15) is 9.90 Å². The van der Waals surface area contributed by atoms with Crippen molar-refractivity contribution in [3.05, 3.63) is 0 Å². The Balaban J connectivity index is 1.69. The van der Waals surface area contributed by atoms with Gasteiger partial charge >= 0.3 is 5.97 Å². The lowest BCUT2D eigenvalue weighted by Gasteiger charge is -2.31. The molecule has 2 rings (SSSR count). The minimum Gasteiger partial charge on any atom is -0.466 e. The van der Waals surface area contributed by atoms with E-state index in [1.54, 1.807) is 0 Å². The second-order valence-corrected chi connectivity index (χ2v) is 6.40. The van der Waals surface area contributed by atoms with Crippen LogP contribution in [0.3, 0.4) is 0 Å². The van der Waals surface area contributed by atoms with Crippen molar-refractivity contribution < 1.29 is 14.6 Å². The molecule has 2 N–H and O–H groups in total. The molecule has 0 heterocycles. The number of rotatable bonds is 5. The maximum Gasteiger partial charge on any atom is 0.308 e. The number of carbonyl (C=O) groups excluding carboxylic acids is 1. The van der Waals surface area contributed by atoms with E-state index in [1.165, 1.54) is 6.42 Å². The fourth-order valence-electron chi connectivity index (χ4n) is 3.53. The summed E-state index contributed by atoms with van der Waals surface area (Å²) >= 11 is 0. The van der Waals surface area contributed by atoms with Gasteiger partial charge in [-0.05, 0) is 64.3 Å². The molecule has 0 spiro atoms. The maximum absolute atomic E-state index is 11.8. The lowest BCUT2D eigenvalue weighted by atomic mass is 9.84. The minimum atomic E-state index is -0.0749. The Morgan fingerprint density at radius 3 is 2.65 bits per heavy atom. The number of hydrogen-bond donors (Lipinski definition) is 2. The maximum atomic E-state index is 11.8. The zero-order chi connectivity index (χ0) is 14.4. The molecule has 2 aliphatic carbocycles. The highest BCUT2D eigenvalue weighted by atomic mass is 16.5. The van der Waals surface area contributed by atoms with Gasteiger partial charge in [0.2, 0.25) is 0 Å². The molecule has 2 saturated carbocycles. The van der Waals surface area contributed by atoms with Gasteiger partial charge in [0.05, 0.1) is 18.6 Å². The lowest BCUT2D eigenvalue weighted by molar-refractivity contribution is -0.149. The summed E-state index contributed by atoms with van der Waals surface area (Å²) in [5.41, 5.74) is 0. The predicted octanol–water partition coefficient (Wildman–Crippen LogP) is 2.25. The van der Waals surface area contributed by atoms with Crippen molar-refractivity contribution in [1.82, 2.24) is 5.32 Å². The lowest BCUT2D eigenvalue weighted by Crippen LogP contribution is -2.40. The van der Waals surface area contributed by atoms with Crippen LogP contribution >= 0.6 is 0 Å². The quantitative estimate of drug-likeness (QED) is 0.760. The van der Waals surface area contributed by atoms with E-state index < -0.39 is 0 Å². The number of aliphatic hydroxyl groups excluding tert-OH is 1. The molecule has 0 aromatic heterocycles. The summed E-state index contributed by atoms with van der Waals surface area (Å²) in [5.74, 6) is 0.774. The van der Waals surface area contributed by atoms with Gasteiger partial charge in [-0.1, -0.05) is 6.42 Å². The van der Waals surface area contributed by atoms with Crippen LogP contribution in [0.4, 0.5) is 0 Å². The van der Waals surface area contributed by atoms with Crippen molar-refractivity contribution in [3.8, 4) is 0 Å². The van der Waals surface area contributed by atoms with Gasteiger partial charge in [0, 0.05) is 6.04 Å². The third-order valence-corrected chi connectivity index (χ3v) is 4.81. The van der Waals surface area contributed by atoms with Crippen molar-refractivity contribution in [1.29, 1.82) is 0 Å². The van der Waals surface area contributed by atoms with Crippen molar-refractivity contribution >= 4 is 5.97 Å². The molecule has 116 valence electrons. The van der Waals surface area contributed by atoms with Crippen molar-refractivity contribution in [2.75, 3.05) is 13.2 Å². The molecule has 0 aromatic carbocycles. The topological polar surface area (TPSA) is 58.6 Å². The average molecular weight is 283 g/mol. The second-order valence-electron chi connectivity index (χ2n) is 6.40. The number of aliphatic hydroxyl groups is 1. The van der Waals surface area contributed by atoms with Gasteiger partial charge in [-0.2, -0.15) is 0 Å². The summed E-state index contributed by atoms with van der Waals surface area (Å²) in [6, 6.07) is 0.463. The summed E-state index contributed by atoms with van der Waals surface area (Å²) in [6.45, 7) is 3.39. The monoisotopic (exact) mass is 283 g/mol. The zero-order valence-corrected chi connectivity index (χ0v) is 12.6. The molecular weight excluding hydrogens is 254 g/mol. The van der Waals surface area contributed by atoms with Gasteiger partial charge in [-0.15, -0.1) is 0 Å². The first-order valence-corrected chi connectivity index (χ1v) is 8.27. The molecule has 0 radical (unpaired) electrons. The van der Waals surface area contributed by atoms with Crippen molar-refractivity contribution in [2.45, 2.75) is 70.4 Å². The van der Waals surface area contributed by atoms with Crippen LogP contribution in [0.5, 0.6) is 0 Å². The van der Waals surface area contributed by atoms with Crippen LogP contribution in [0.25, 0.3) is 0 Å². The van der Waals surface area contributed by atoms with Gasteiger partial charge < -0.3 is 15.2 Å². The van der Waals surface area contributed by atoms with Gasteiger partial charge in [0.15, 0.2) is 0 Å². The summed E-state index contributed by atoms with van der Waals surface area (Å²) in [5, 5.41) is 13.2. The van der Waals surface area contributed by atoms with Gasteiger partial charge in [-0.25, -0.2) is 0 Å². The first kappa shape index (κ1) is 15.8. The first-order valence-electron chi connectivity index (χ1n) is 8.27. The Hall–Kier alpha value is -0.610. The van der Waals surface area contributed by atoms with Crippen LogP contribution in [-0.4, -0.2) is 36.4 Å². The van der Waals surface area contributed by atoms with E-state index in [1.807, 2.05) is 6.92 Å². The first-order chi connectivity index (χ1) is 9.69. The van der Waals surface area contributed by atoms with Crippen LogP contribution in [0.15, 0.2) is 0 Å². The summed E-state index contributed by atoms with van der Waals surface area (Å²) in [6.07, 6.45) is 8.26. The SMILES string of the molecule is CCOC(=O)C1CCCC(NCC2CCC(O)CC2)C1. The molecule has 2 unspecified atom stereocenters. The third-order valence-electron chi connectivity index (χ3n) is 4.81. The predicted molar refractivity (Wildman–Crippen MR) is 78.3 cm³/mol. The smallest absolute Gasteiger partial charge is 0.308 e. The Kier molecular flexibility index (Phi) is 6.30. The van der Waals surface area contributed by atoms with Gasteiger partial charge in [0.1, 0.15) is 0 Å². The average Bonchev–Trinajstić information content (AvgIpc) is 2.47. The summed E-state index contributed by atoms with van der Waals surface area (Å²) in [7, 11) is 0. The largest absolute Gasteiger partial charge is 0.466 e. The standard InChI is InChI=1S/C16H29NO3/c1-2-20-16(19)13-4-3-5-14(10-13)17-11-12-6-8-15(18)9-7-12/h12-15,17-18H,2-11H2,1H3. The molecule has 2 atom stereocenters. The zero-order valence-electron chi connectivity index (χ0n) is 12.6. The minimum absolute atomic E-state index is 0.0141. The molecular formula is C16H29NO3. The van der Waals surface area contributed by atoms with Crippen LogP contribution in [0, 0.1) is 11.8 Å². The molecule has 0 saturated heterocycles. The van der Waals surface area contributed by atoms with Gasteiger partial charge in [-0.3, -0.25) is 4.79 Å². The van der Waals surface area contributed by atoms with E-state index in [4.69, 9.17) is 4.74 Å². The Bertz CT molecular complexity index is 300. The molecule has 2 fully saturated rings. The van der Waals surface area contributed by atoms with Gasteiger partial charge in [0.25, 0.3) is 0 Å². The molecule has 20 heavy (non-hydrogen) atoms. The third kappa shape index (κ3) is 4.74. The molecule has 2 aliphatic rings. The fourth-order valence-corrected chi connectivity index (χ4v) is 3.53. The van der Waals surface area contributed by atoms with Crippen molar-refractivity contribution in [2.24, 2.45) is 11.8 Å². The Morgan fingerprint density at radius 1 is 1.20 bits per heavy atom. The number of esters is 1. The highest BCUT2D eigenvalue weighted by Crippen LogP contribution is 2.27. The number of nitrogens with one attached hydrogen (secondary N) is 1. The number of hydrogen-bond acceptors (Lipinski definition) is 4. The second kappa shape index (κ2) is 7.99. The Morgan fingerprint density at radius 2 is 1.95 bits per heavy atom. The Labute approximate surface area is 122 Å². The molecule has 0 bridgehead atoms. The number of carbonyl (C=O) groups is 1. The highest BCUT2D eigenvalue weighted by molar-refractivity contribution is 5.72. The van der Waals surface area contributed by atoms with E-state index >= 15 is 0 Å². The van der Waals surface area contributed by atoms with Crippen molar-refractivity contribution in [3.63, 3.8) is 0 Å². The van der Waals surface area contributed by atoms with E-state index in [2.05, 4.69) is 5.32 Å². The fraction of sp³-hybridized carbons (Fsp3) is 0.938. The molecule has 0 aromatic rings. The van der Waals surface area contributed by atoms with E-state index in [0.29, 0.717) is 18.6 Å². The molecule has 4 heteroatoms. The van der Waals surface area contributed by atoms with Crippen LogP contribution in [-0.2, 0) is 9.53 Å².